The smallest absolute Gasteiger partial charge is 0.162 e. The molecule has 12 heavy (non-hydrogen) atoms. The number of carbonyl (C=O) groups excluding carboxylic acids is 1. The Labute approximate surface area is 71.9 Å². The lowest BCUT2D eigenvalue weighted by Crippen LogP contribution is -2.12. The quantitative estimate of drug-likeness (QED) is 0.512. The molecule has 0 saturated heterocycles. The van der Waals surface area contributed by atoms with Crippen molar-refractivity contribution in [2.45, 2.75) is 25.7 Å². The summed E-state index contributed by atoms with van der Waals surface area (Å²) in [6.45, 7) is 0.631. The first-order chi connectivity index (χ1) is 5.88. The van der Waals surface area contributed by atoms with Crippen LogP contribution in [-0.4, -0.2) is 12.4 Å². The molecule has 0 unspecified atom stereocenters. The van der Waals surface area contributed by atoms with E-state index in [1.54, 1.807) is 0 Å². The highest BCUT2D eigenvalue weighted by Crippen LogP contribution is 2.26. The summed E-state index contributed by atoms with van der Waals surface area (Å²) in [5, 5.41) is 0. The standard InChI is InChI=1S/C10H12O2/c11-9-5-3-6-10-8(9)4-1-2-7-12-10/h1-2H,3-7H2. The zero-order valence-corrected chi connectivity index (χ0v) is 7.01. The molecule has 1 aliphatic carbocycles. The van der Waals surface area contributed by atoms with Crippen LogP contribution in [0.2, 0.25) is 0 Å². The van der Waals surface area contributed by atoms with Crippen LogP contribution in [-0.2, 0) is 9.53 Å². The molecular weight excluding hydrogens is 152 g/mol. The molecule has 0 aromatic carbocycles. The third kappa shape index (κ3) is 1.29. The Kier molecular flexibility index (Phi) is 1.98. The van der Waals surface area contributed by atoms with Crippen LogP contribution in [0.25, 0.3) is 0 Å². The summed E-state index contributed by atoms with van der Waals surface area (Å²) < 4.78 is 5.45. The van der Waals surface area contributed by atoms with E-state index in [1.807, 2.05) is 12.2 Å². The molecule has 0 amide bonds. The summed E-state index contributed by atoms with van der Waals surface area (Å²) in [5.74, 6) is 1.22. The Hall–Kier alpha value is -1.05. The number of ketones is 1. The van der Waals surface area contributed by atoms with E-state index in [1.165, 1.54) is 0 Å². The van der Waals surface area contributed by atoms with E-state index >= 15 is 0 Å². The van der Waals surface area contributed by atoms with E-state index in [2.05, 4.69) is 0 Å². The second-order valence-electron chi connectivity index (χ2n) is 3.16. The van der Waals surface area contributed by atoms with Crippen LogP contribution in [0, 0.1) is 0 Å². The predicted octanol–water partition coefficient (Wildman–Crippen LogP) is 1.97. The van der Waals surface area contributed by atoms with Gasteiger partial charge in [0.2, 0.25) is 0 Å². The third-order valence-electron chi connectivity index (χ3n) is 2.32. The summed E-state index contributed by atoms with van der Waals surface area (Å²) in [6, 6.07) is 0. The largest absolute Gasteiger partial charge is 0.493 e. The molecule has 0 spiro atoms. The summed E-state index contributed by atoms with van der Waals surface area (Å²) in [4.78, 5) is 11.4. The fourth-order valence-electron chi connectivity index (χ4n) is 1.67. The van der Waals surface area contributed by atoms with Crippen molar-refractivity contribution in [2.24, 2.45) is 0 Å². The van der Waals surface area contributed by atoms with Crippen LogP contribution in [0.1, 0.15) is 25.7 Å². The lowest BCUT2D eigenvalue weighted by Gasteiger charge is -2.16. The Balaban J connectivity index is 2.29. The first-order valence-electron chi connectivity index (χ1n) is 4.41. The minimum atomic E-state index is 0.280. The van der Waals surface area contributed by atoms with Crippen LogP contribution >= 0.6 is 0 Å². The maximum Gasteiger partial charge on any atom is 0.162 e. The monoisotopic (exact) mass is 164 g/mol. The molecule has 64 valence electrons. The molecule has 0 atom stereocenters. The van der Waals surface area contributed by atoms with Crippen molar-refractivity contribution in [1.29, 1.82) is 0 Å². The fraction of sp³-hybridized carbons (Fsp3) is 0.500. The van der Waals surface area contributed by atoms with Gasteiger partial charge in [-0.3, -0.25) is 4.79 Å². The zero-order valence-electron chi connectivity index (χ0n) is 7.01. The van der Waals surface area contributed by atoms with Gasteiger partial charge < -0.3 is 4.74 Å². The number of Topliss-reactive ketones (excluding diaryl/α,β-unsaturated/α-hetero) is 1. The van der Waals surface area contributed by atoms with Gasteiger partial charge in [-0.1, -0.05) is 12.2 Å². The first kappa shape index (κ1) is 7.59. The molecule has 2 rings (SSSR count). The van der Waals surface area contributed by atoms with Gasteiger partial charge in [0.15, 0.2) is 5.78 Å². The van der Waals surface area contributed by atoms with Crippen molar-refractivity contribution in [3.05, 3.63) is 23.5 Å². The molecule has 0 N–H and O–H groups in total. The van der Waals surface area contributed by atoms with Crippen molar-refractivity contribution in [3.8, 4) is 0 Å². The van der Waals surface area contributed by atoms with E-state index in [0.717, 1.165) is 30.6 Å². The summed E-state index contributed by atoms with van der Waals surface area (Å²) >= 11 is 0. The fourth-order valence-corrected chi connectivity index (χ4v) is 1.67. The average Bonchev–Trinajstić information content (AvgIpc) is 2.30. The second kappa shape index (κ2) is 3.13. The normalized spacial score (nSPS) is 23.2. The van der Waals surface area contributed by atoms with Crippen molar-refractivity contribution in [3.63, 3.8) is 0 Å². The van der Waals surface area contributed by atoms with E-state index in [4.69, 9.17) is 4.74 Å². The molecule has 0 bridgehead atoms. The molecular formula is C10H12O2. The maximum atomic E-state index is 11.4. The number of hydrogen-bond acceptors (Lipinski definition) is 2. The van der Waals surface area contributed by atoms with Gasteiger partial charge in [0.05, 0.1) is 0 Å². The van der Waals surface area contributed by atoms with Crippen LogP contribution in [0.3, 0.4) is 0 Å². The highest BCUT2D eigenvalue weighted by Gasteiger charge is 2.21. The number of allylic oxidation sites excluding steroid dienone is 3. The van der Waals surface area contributed by atoms with Crippen LogP contribution in [0.5, 0.6) is 0 Å². The van der Waals surface area contributed by atoms with Crippen LogP contribution in [0.15, 0.2) is 23.5 Å². The highest BCUT2D eigenvalue weighted by molar-refractivity contribution is 5.96. The van der Waals surface area contributed by atoms with Crippen LogP contribution in [0.4, 0.5) is 0 Å². The molecule has 2 nitrogen and oxygen atoms in total. The van der Waals surface area contributed by atoms with E-state index in [0.29, 0.717) is 13.0 Å². The van der Waals surface area contributed by atoms with Gasteiger partial charge in [-0.25, -0.2) is 0 Å². The average molecular weight is 164 g/mol. The van der Waals surface area contributed by atoms with Gasteiger partial charge in [0.1, 0.15) is 12.4 Å². The van der Waals surface area contributed by atoms with Gasteiger partial charge in [-0.05, 0) is 12.8 Å². The number of carbonyl (C=O) groups is 1. The number of ether oxygens (including phenoxy) is 1. The van der Waals surface area contributed by atoms with Crippen molar-refractivity contribution < 1.29 is 9.53 Å². The predicted molar refractivity (Wildman–Crippen MR) is 45.6 cm³/mol. The Bertz CT molecular complexity index is 261. The zero-order chi connectivity index (χ0) is 8.39. The Morgan fingerprint density at radius 3 is 3.08 bits per heavy atom. The van der Waals surface area contributed by atoms with Crippen molar-refractivity contribution in [2.75, 3.05) is 6.61 Å². The lowest BCUT2D eigenvalue weighted by atomic mass is 9.94. The summed E-state index contributed by atoms with van der Waals surface area (Å²) in [6.07, 6.45) is 7.38. The second-order valence-corrected chi connectivity index (χ2v) is 3.16. The van der Waals surface area contributed by atoms with Gasteiger partial charge in [-0.2, -0.15) is 0 Å². The molecule has 0 aromatic heterocycles. The Morgan fingerprint density at radius 1 is 1.25 bits per heavy atom. The number of hydrogen-bond donors (Lipinski definition) is 0. The van der Waals surface area contributed by atoms with Gasteiger partial charge >= 0.3 is 0 Å². The molecule has 0 saturated carbocycles. The topological polar surface area (TPSA) is 26.3 Å². The first-order valence-corrected chi connectivity index (χ1v) is 4.41. The molecule has 2 aliphatic rings. The molecule has 2 heteroatoms. The maximum absolute atomic E-state index is 11.4. The Morgan fingerprint density at radius 2 is 2.17 bits per heavy atom. The van der Waals surface area contributed by atoms with Crippen LogP contribution < -0.4 is 0 Å². The SMILES string of the molecule is O=C1CCCC2=C1CC=CCO2. The van der Waals surface area contributed by atoms with E-state index < -0.39 is 0 Å². The minimum Gasteiger partial charge on any atom is -0.493 e. The molecule has 1 aliphatic heterocycles. The highest BCUT2D eigenvalue weighted by atomic mass is 16.5. The van der Waals surface area contributed by atoms with Crippen molar-refractivity contribution >= 4 is 5.78 Å². The van der Waals surface area contributed by atoms with E-state index in [9.17, 15) is 4.79 Å². The molecule has 0 radical (unpaired) electrons. The molecule has 1 heterocycles. The third-order valence-corrected chi connectivity index (χ3v) is 2.32. The lowest BCUT2D eigenvalue weighted by molar-refractivity contribution is -0.116. The summed E-state index contributed by atoms with van der Waals surface area (Å²) in [7, 11) is 0. The minimum absolute atomic E-state index is 0.280. The van der Waals surface area contributed by atoms with Gasteiger partial charge in [-0.15, -0.1) is 0 Å². The van der Waals surface area contributed by atoms with E-state index in [-0.39, 0.29) is 5.78 Å². The molecule has 0 aromatic rings. The van der Waals surface area contributed by atoms with Gasteiger partial charge in [0, 0.05) is 18.4 Å². The van der Waals surface area contributed by atoms with Crippen molar-refractivity contribution in [1.82, 2.24) is 0 Å². The summed E-state index contributed by atoms with van der Waals surface area (Å²) in [5.41, 5.74) is 0.912. The van der Waals surface area contributed by atoms with Gasteiger partial charge in [0.25, 0.3) is 0 Å². The number of rotatable bonds is 0. The molecule has 0 fully saturated rings.